The van der Waals surface area contributed by atoms with Crippen molar-refractivity contribution in [1.29, 1.82) is 0 Å². The van der Waals surface area contributed by atoms with E-state index in [1.807, 2.05) is 0 Å². The Morgan fingerprint density at radius 3 is 2.58 bits per heavy atom. The van der Waals surface area contributed by atoms with Gasteiger partial charge in [0.25, 0.3) is 0 Å². The molecule has 2 aliphatic rings. The van der Waals surface area contributed by atoms with Crippen molar-refractivity contribution in [3.8, 4) is 11.3 Å². The van der Waals surface area contributed by atoms with Crippen molar-refractivity contribution in [2.45, 2.75) is 38.5 Å². The molecule has 0 aliphatic heterocycles. The van der Waals surface area contributed by atoms with Crippen molar-refractivity contribution < 1.29 is 0 Å². The minimum Gasteiger partial charge on any atom is -0.256 e. The number of fused-ring (bicyclic) bond motifs is 3. The monoisotopic (exact) mass is 249 g/mol. The molecule has 1 aromatic heterocycles. The molecule has 1 aromatic carbocycles. The molecule has 2 atom stereocenters. The summed E-state index contributed by atoms with van der Waals surface area (Å²) in [4.78, 5) is 4.70. The minimum atomic E-state index is 0.273. The fourth-order valence-electron chi connectivity index (χ4n) is 3.86. The lowest BCUT2D eigenvalue weighted by atomic mass is 9.75. The fraction of sp³-hybridized carbons (Fsp3) is 0.389. The topological polar surface area (TPSA) is 12.9 Å². The van der Waals surface area contributed by atoms with E-state index in [1.165, 1.54) is 17.5 Å². The van der Waals surface area contributed by atoms with Crippen LogP contribution >= 0.6 is 0 Å². The zero-order chi connectivity index (χ0) is 13.3. The average Bonchev–Trinajstić information content (AvgIpc) is 3.09. The summed E-state index contributed by atoms with van der Waals surface area (Å²) < 4.78 is 0. The van der Waals surface area contributed by atoms with Gasteiger partial charge in [-0.25, -0.2) is 0 Å². The quantitative estimate of drug-likeness (QED) is 0.723. The number of hydrogen-bond acceptors (Lipinski definition) is 1. The van der Waals surface area contributed by atoms with E-state index in [-0.39, 0.29) is 5.41 Å². The van der Waals surface area contributed by atoms with E-state index in [1.54, 1.807) is 5.56 Å². The molecule has 0 radical (unpaired) electrons. The van der Waals surface area contributed by atoms with Crippen LogP contribution in [0.2, 0.25) is 0 Å². The standard InChI is InChI=1S/C18H19N/c1-17(2)15-11-19-16(12-7-5-4-6-8-12)9-13(15)14-10-18(14,17)3/h4-9,11,14H,10H2,1-3H3. The molecule has 1 fully saturated rings. The summed E-state index contributed by atoms with van der Waals surface area (Å²) in [6.07, 6.45) is 3.46. The molecule has 1 saturated carbocycles. The average molecular weight is 249 g/mol. The highest BCUT2D eigenvalue weighted by Gasteiger charge is 2.66. The molecule has 4 rings (SSSR count). The summed E-state index contributed by atoms with van der Waals surface area (Å²) in [7, 11) is 0. The Morgan fingerprint density at radius 2 is 1.84 bits per heavy atom. The van der Waals surface area contributed by atoms with Gasteiger partial charge in [-0.3, -0.25) is 4.98 Å². The predicted octanol–water partition coefficient (Wildman–Crippen LogP) is 4.53. The molecule has 19 heavy (non-hydrogen) atoms. The Bertz CT molecular complexity index is 657. The van der Waals surface area contributed by atoms with E-state index in [4.69, 9.17) is 4.98 Å². The second kappa shape index (κ2) is 3.27. The second-order valence-electron chi connectivity index (χ2n) is 6.82. The van der Waals surface area contributed by atoms with Crippen LogP contribution in [-0.4, -0.2) is 4.98 Å². The fourth-order valence-corrected chi connectivity index (χ4v) is 3.86. The first-order valence-corrected chi connectivity index (χ1v) is 7.10. The molecule has 1 heterocycles. The van der Waals surface area contributed by atoms with E-state index < -0.39 is 0 Å². The Hall–Kier alpha value is -1.63. The van der Waals surface area contributed by atoms with Crippen LogP contribution in [0.1, 0.15) is 44.2 Å². The Balaban J connectivity index is 1.86. The Morgan fingerprint density at radius 1 is 1.11 bits per heavy atom. The summed E-state index contributed by atoms with van der Waals surface area (Å²) in [5, 5.41) is 0. The summed E-state index contributed by atoms with van der Waals surface area (Å²) in [6, 6.07) is 12.8. The van der Waals surface area contributed by atoms with Gasteiger partial charge in [0.1, 0.15) is 0 Å². The number of nitrogens with zero attached hydrogens (tertiary/aromatic N) is 1. The molecule has 0 bridgehead atoms. The van der Waals surface area contributed by atoms with Gasteiger partial charge in [-0.15, -0.1) is 0 Å². The molecule has 1 heteroatoms. The van der Waals surface area contributed by atoms with Crippen molar-refractivity contribution in [2.24, 2.45) is 5.41 Å². The highest BCUT2D eigenvalue weighted by Crippen LogP contribution is 2.74. The number of hydrogen-bond donors (Lipinski definition) is 0. The molecule has 1 nitrogen and oxygen atoms in total. The smallest absolute Gasteiger partial charge is 0.0705 e. The summed E-state index contributed by atoms with van der Waals surface area (Å²) in [5.41, 5.74) is 6.08. The SMILES string of the molecule is CC1(C)c2cnc(-c3ccccc3)cc2C2CC21C. The molecule has 2 unspecified atom stereocenters. The number of aromatic nitrogens is 1. The second-order valence-corrected chi connectivity index (χ2v) is 6.82. The van der Waals surface area contributed by atoms with Crippen molar-refractivity contribution in [1.82, 2.24) is 4.98 Å². The third-order valence-corrected chi connectivity index (χ3v) is 5.72. The maximum absolute atomic E-state index is 4.70. The van der Waals surface area contributed by atoms with Crippen molar-refractivity contribution in [3.63, 3.8) is 0 Å². The van der Waals surface area contributed by atoms with Crippen LogP contribution in [0, 0.1) is 5.41 Å². The lowest BCUT2D eigenvalue weighted by molar-refractivity contribution is 0.332. The van der Waals surface area contributed by atoms with Gasteiger partial charge in [-0.1, -0.05) is 51.1 Å². The molecule has 0 spiro atoms. The van der Waals surface area contributed by atoms with Crippen LogP contribution in [0.5, 0.6) is 0 Å². The Kier molecular flexibility index (Phi) is 1.93. The number of pyridine rings is 1. The van der Waals surface area contributed by atoms with Crippen molar-refractivity contribution in [2.75, 3.05) is 0 Å². The van der Waals surface area contributed by atoms with Crippen LogP contribution in [0.4, 0.5) is 0 Å². The van der Waals surface area contributed by atoms with Gasteiger partial charge in [0.05, 0.1) is 5.69 Å². The molecule has 0 amide bonds. The maximum atomic E-state index is 4.70. The highest BCUT2D eigenvalue weighted by atomic mass is 14.7. The van der Waals surface area contributed by atoms with Gasteiger partial charge in [-0.05, 0) is 40.4 Å². The summed E-state index contributed by atoms with van der Waals surface area (Å²) in [6.45, 7) is 7.19. The van der Waals surface area contributed by atoms with Crippen molar-refractivity contribution in [3.05, 3.63) is 53.7 Å². The van der Waals surface area contributed by atoms with Crippen LogP contribution in [-0.2, 0) is 5.41 Å². The normalized spacial score (nSPS) is 29.7. The van der Waals surface area contributed by atoms with E-state index in [9.17, 15) is 0 Å². The van der Waals surface area contributed by atoms with Gasteiger partial charge in [0, 0.05) is 11.8 Å². The summed E-state index contributed by atoms with van der Waals surface area (Å²) in [5.74, 6) is 0.753. The largest absolute Gasteiger partial charge is 0.256 e. The van der Waals surface area contributed by atoms with E-state index in [0.717, 1.165) is 11.6 Å². The molecular weight excluding hydrogens is 230 g/mol. The van der Waals surface area contributed by atoms with E-state index >= 15 is 0 Å². The Labute approximate surface area is 114 Å². The van der Waals surface area contributed by atoms with Gasteiger partial charge < -0.3 is 0 Å². The first-order chi connectivity index (χ1) is 9.04. The maximum Gasteiger partial charge on any atom is 0.0705 e. The molecule has 96 valence electrons. The van der Waals surface area contributed by atoms with Crippen molar-refractivity contribution >= 4 is 0 Å². The lowest BCUT2D eigenvalue weighted by Crippen LogP contribution is -2.25. The molecule has 2 aromatic rings. The first kappa shape index (κ1) is 11.2. The van der Waals surface area contributed by atoms with Crippen LogP contribution in [0.15, 0.2) is 42.6 Å². The highest BCUT2D eigenvalue weighted by molar-refractivity contribution is 5.63. The van der Waals surface area contributed by atoms with Crippen LogP contribution in [0.25, 0.3) is 11.3 Å². The van der Waals surface area contributed by atoms with E-state index in [2.05, 4.69) is 63.4 Å². The third kappa shape index (κ3) is 1.28. The summed E-state index contributed by atoms with van der Waals surface area (Å²) >= 11 is 0. The van der Waals surface area contributed by atoms with Gasteiger partial charge in [-0.2, -0.15) is 0 Å². The lowest BCUT2D eigenvalue weighted by Gasteiger charge is -2.29. The zero-order valence-electron chi connectivity index (χ0n) is 11.8. The third-order valence-electron chi connectivity index (χ3n) is 5.72. The molecular formula is C18H19N. The van der Waals surface area contributed by atoms with E-state index in [0.29, 0.717) is 5.41 Å². The zero-order valence-corrected chi connectivity index (χ0v) is 11.8. The molecule has 0 saturated heterocycles. The van der Waals surface area contributed by atoms with Gasteiger partial charge >= 0.3 is 0 Å². The number of benzene rings is 1. The minimum absolute atomic E-state index is 0.273. The molecule has 2 aliphatic carbocycles. The van der Waals surface area contributed by atoms with Gasteiger partial charge in [0.15, 0.2) is 0 Å². The van der Waals surface area contributed by atoms with Gasteiger partial charge in [0.2, 0.25) is 0 Å². The van der Waals surface area contributed by atoms with Crippen LogP contribution in [0.3, 0.4) is 0 Å². The molecule has 0 N–H and O–H groups in total. The van der Waals surface area contributed by atoms with Crippen LogP contribution < -0.4 is 0 Å². The predicted molar refractivity (Wildman–Crippen MR) is 78.2 cm³/mol. The number of rotatable bonds is 1. The first-order valence-electron chi connectivity index (χ1n) is 7.10.